The zero-order chi connectivity index (χ0) is 34.6. The molecule has 0 amide bonds. The standard InChI is InChI=1S/C35H40ClN8O4P/c1-42(2)23-40-33-32-34(38-22-37-33)44(24-39-32)31-19-29(30(48-31)21-47-49(36,46)43(3)4)41-35(26-11-7-5-8-12-26,27-13-9-6-10-14-27)28-17-15-25(20-45)16-18-28/h5-18,20,22-24,29-31,33,41H,19,21H2,1-4H3,(H,37,38)/b40-23-. The van der Waals surface area contributed by atoms with Crippen molar-refractivity contribution in [2.45, 2.75) is 36.5 Å². The Morgan fingerprint density at radius 1 is 1.04 bits per heavy atom. The van der Waals surface area contributed by atoms with Gasteiger partial charge in [0, 0.05) is 32.1 Å². The Morgan fingerprint density at radius 2 is 1.67 bits per heavy atom. The molecular formula is C35H40ClN8O4P. The highest BCUT2D eigenvalue weighted by atomic mass is 35.7. The number of nitrogens with one attached hydrogen (secondary N) is 2. The van der Waals surface area contributed by atoms with Crippen LogP contribution in [0.25, 0.3) is 0 Å². The molecule has 4 aromatic rings. The van der Waals surface area contributed by atoms with Crippen LogP contribution in [0.15, 0.2) is 101 Å². The van der Waals surface area contributed by atoms with E-state index in [1.54, 1.807) is 33.1 Å². The van der Waals surface area contributed by atoms with E-state index in [2.05, 4.69) is 49.9 Å². The van der Waals surface area contributed by atoms with Crippen LogP contribution in [0.2, 0.25) is 0 Å². The second-order valence-electron chi connectivity index (χ2n) is 12.3. The Labute approximate surface area is 291 Å². The minimum atomic E-state index is -3.61. The fraction of sp³-hybridized carbons (Fsp3) is 0.314. The Kier molecular flexibility index (Phi) is 10.4. The second-order valence-corrected chi connectivity index (χ2v) is 15.6. The van der Waals surface area contributed by atoms with Crippen LogP contribution < -0.4 is 10.6 Å². The number of imidazole rings is 1. The minimum absolute atomic E-state index is 0.0473. The summed E-state index contributed by atoms with van der Waals surface area (Å²) in [5, 5.41) is 7.15. The molecule has 0 spiro atoms. The summed E-state index contributed by atoms with van der Waals surface area (Å²) >= 11 is 6.34. The number of fused-ring (bicyclic) bond motifs is 1. The molecule has 0 radical (unpaired) electrons. The van der Waals surface area contributed by atoms with Crippen LogP contribution >= 0.6 is 18.1 Å². The Balaban J connectivity index is 1.43. The van der Waals surface area contributed by atoms with E-state index in [9.17, 15) is 9.36 Å². The predicted octanol–water partition coefficient (Wildman–Crippen LogP) is 5.71. The summed E-state index contributed by atoms with van der Waals surface area (Å²) < 4.78 is 29.0. The van der Waals surface area contributed by atoms with Gasteiger partial charge in [0.1, 0.15) is 18.2 Å². The van der Waals surface area contributed by atoms with Crippen LogP contribution in [-0.2, 0) is 19.4 Å². The number of carbonyl (C=O) groups is 1. The molecule has 3 heterocycles. The molecule has 3 aromatic carbocycles. The number of halogens is 1. The van der Waals surface area contributed by atoms with Crippen molar-refractivity contribution in [2.24, 2.45) is 9.98 Å². The predicted molar refractivity (Wildman–Crippen MR) is 192 cm³/mol. The molecular weight excluding hydrogens is 663 g/mol. The number of nitrogens with zero attached hydrogens (tertiary/aromatic N) is 6. The summed E-state index contributed by atoms with van der Waals surface area (Å²) in [5.74, 6) is 0.628. The normalized spacial score (nSPS) is 21.8. The number of hydrogen-bond donors (Lipinski definition) is 2. The molecule has 5 atom stereocenters. The SMILES string of the molecule is CN(C)/C=N\C1NC=Nc2c1ncn2C1CC(NC(c2ccccc2)(c2ccccc2)c2ccc(C=O)cc2)C(COP(=O)(Cl)N(C)C)O1. The fourth-order valence-corrected chi connectivity index (χ4v) is 6.90. The van der Waals surface area contributed by atoms with Gasteiger partial charge in [-0.15, -0.1) is 0 Å². The smallest absolute Gasteiger partial charge is 0.362 e. The molecule has 2 N–H and O–H groups in total. The summed E-state index contributed by atoms with van der Waals surface area (Å²) in [6.45, 7) is -3.65. The van der Waals surface area contributed by atoms with Crippen LogP contribution in [0.4, 0.5) is 5.82 Å². The van der Waals surface area contributed by atoms with E-state index in [4.69, 9.17) is 20.5 Å². The molecule has 49 heavy (non-hydrogen) atoms. The van der Waals surface area contributed by atoms with Crippen molar-refractivity contribution in [2.75, 3.05) is 34.8 Å². The molecule has 0 bridgehead atoms. The number of ether oxygens (including phenoxy) is 1. The monoisotopic (exact) mass is 702 g/mol. The van der Waals surface area contributed by atoms with Crippen LogP contribution in [0.1, 0.15) is 51.6 Å². The maximum Gasteiger partial charge on any atom is 0.362 e. The van der Waals surface area contributed by atoms with Gasteiger partial charge in [-0.25, -0.2) is 19.6 Å². The quantitative estimate of drug-likeness (QED) is 0.0593. The highest BCUT2D eigenvalue weighted by molar-refractivity contribution is 7.83. The largest absolute Gasteiger partial charge is 0.369 e. The van der Waals surface area contributed by atoms with Gasteiger partial charge >= 0.3 is 6.87 Å². The molecule has 256 valence electrons. The van der Waals surface area contributed by atoms with Crippen LogP contribution in [0.5, 0.6) is 0 Å². The zero-order valence-corrected chi connectivity index (χ0v) is 29.4. The number of aldehydes is 1. The third-order valence-electron chi connectivity index (χ3n) is 8.64. The minimum Gasteiger partial charge on any atom is -0.369 e. The van der Waals surface area contributed by atoms with Gasteiger partial charge in [-0.2, -0.15) is 0 Å². The maximum absolute atomic E-state index is 13.1. The summed E-state index contributed by atoms with van der Waals surface area (Å²) in [7, 11) is 7.03. The lowest BCUT2D eigenvalue weighted by atomic mass is 9.76. The molecule has 14 heteroatoms. The number of rotatable bonds is 13. The molecule has 0 aliphatic carbocycles. The van der Waals surface area contributed by atoms with Crippen molar-refractivity contribution in [1.82, 2.24) is 29.8 Å². The van der Waals surface area contributed by atoms with Crippen molar-refractivity contribution < 1.29 is 18.6 Å². The first-order valence-corrected chi connectivity index (χ1v) is 18.4. The van der Waals surface area contributed by atoms with Gasteiger partial charge in [-0.05, 0) is 42.0 Å². The third kappa shape index (κ3) is 7.26. The fourth-order valence-electron chi connectivity index (χ4n) is 6.17. The summed E-state index contributed by atoms with van der Waals surface area (Å²) in [4.78, 5) is 27.4. The molecule has 2 aliphatic rings. The van der Waals surface area contributed by atoms with Gasteiger partial charge in [0.05, 0.1) is 37.3 Å². The van der Waals surface area contributed by atoms with Crippen molar-refractivity contribution in [1.29, 1.82) is 0 Å². The highest BCUT2D eigenvalue weighted by Crippen LogP contribution is 2.54. The lowest BCUT2D eigenvalue weighted by molar-refractivity contribution is -0.0224. The number of hydrogen-bond acceptors (Lipinski definition) is 9. The van der Waals surface area contributed by atoms with E-state index in [0.29, 0.717) is 23.5 Å². The highest BCUT2D eigenvalue weighted by Gasteiger charge is 2.46. The van der Waals surface area contributed by atoms with Crippen LogP contribution in [-0.4, -0.2) is 85.0 Å². The van der Waals surface area contributed by atoms with Gasteiger partial charge in [0.25, 0.3) is 0 Å². The molecule has 6 rings (SSSR count). The number of benzene rings is 3. The lowest BCUT2D eigenvalue weighted by Crippen LogP contribution is -2.53. The molecule has 12 nitrogen and oxygen atoms in total. The van der Waals surface area contributed by atoms with Crippen LogP contribution in [0, 0.1) is 0 Å². The first kappa shape index (κ1) is 34.7. The summed E-state index contributed by atoms with van der Waals surface area (Å²) in [5.41, 5.74) is 3.24. The molecule has 2 aliphatic heterocycles. The van der Waals surface area contributed by atoms with Crippen molar-refractivity contribution >= 4 is 42.9 Å². The van der Waals surface area contributed by atoms with Gasteiger partial charge < -0.3 is 19.5 Å². The third-order valence-corrected chi connectivity index (χ3v) is 11.3. The first-order chi connectivity index (χ1) is 23.6. The van der Waals surface area contributed by atoms with Crippen LogP contribution in [0.3, 0.4) is 0 Å². The van der Waals surface area contributed by atoms with Crippen molar-refractivity contribution in [3.8, 4) is 0 Å². The van der Waals surface area contributed by atoms with E-state index >= 15 is 0 Å². The second kappa shape index (κ2) is 14.8. The van der Waals surface area contributed by atoms with E-state index in [1.807, 2.05) is 84.2 Å². The van der Waals surface area contributed by atoms with Gasteiger partial charge in [-0.3, -0.25) is 19.2 Å². The lowest BCUT2D eigenvalue weighted by Gasteiger charge is -2.40. The molecule has 0 saturated carbocycles. The molecule has 1 saturated heterocycles. The van der Waals surface area contributed by atoms with E-state index in [0.717, 1.165) is 23.0 Å². The van der Waals surface area contributed by atoms with Crippen molar-refractivity contribution in [3.63, 3.8) is 0 Å². The summed E-state index contributed by atoms with van der Waals surface area (Å²) in [6, 6.07) is 27.5. The number of carbonyl (C=O) groups excluding carboxylic acids is 1. The number of aromatic nitrogens is 2. The van der Waals surface area contributed by atoms with E-state index in [1.165, 1.54) is 4.67 Å². The average Bonchev–Trinajstić information content (AvgIpc) is 3.73. The number of aliphatic imine (C=N–C) groups is 2. The van der Waals surface area contributed by atoms with Gasteiger partial charge in [0.15, 0.2) is 12.0 Å². The molecule has 5 unspecified atom stereocenters. The van der Waals surface area contributed by atoms with Gasteiger partial charge in [0.2, 0.25) is 0 Å². The Morgan fingerprint density at radius 3 is 2.27 bits per heavy atom. The van der Waals surface area contributed by atoms with Crippen molar-refractivity contribution in [3.05, 3.63) is 119 Å². The summed E-state index contributed by atoms with van der Waals surface area (Å²) in [6.07, 6.45) is 4.86. The Bertz CT molecular complexity index is 1800. The maximum atomic E-state index is 13.1. The molecule has 1 fully saturated rings. The topological polar surface area (TPSA) is 126 Å². The zero-order valence-electron chi connectivity index (χ0n) is 27.8. The molecule has 1 aromatic heterocycles. The van der Waals surface area contributed by atoms with E-state index in [-0.39, 0.29) is 12.6 Å². The first-order valence-electron chi connectivity index (χ1n) is 15.9. The van der Waals surface area contributed by atoms with E-state index < -0.39 is 30.9 Å². The van der Waals surface area contributed by atoms with Gasteiger partial charge in [-0.1, -0.05) is 84.9 Å². The average molecular weight is 703 g/mol. The Hall–Kier alpha value is -4.16.